The summed E-state index contributed by atoms with van der Waals surface area (Å²) in [5.74, 6) is -1.11. The van der Waals surface area contributed by atoms with Gasteiger partial charge < -0.3 is 3.07 Å². The zero-order chi connectivity index (χ0) is 13.0. The van der Waals surface area contributed by atoms with Crippen LogP contribution in [0.3, 0.4) is 0 Å². The summed E-state index contributed by atoms with van der Waals surface area (Å²) >= 11 is 1.59. The van der Waals surface area contributed by atoms with Crippen molar-refractivity contribution in [3.63, 3.8) is 0 Å². The number of benzene rings is 1. The Hall–Kier alpha value is -1.44. The van der Waals surface area contributed by atoms with Crippen molar-refractivity contribution in [2.45, 2.75) is 13.8 Å². The average Bonchev–Trinajstić information content (AvgIpc) is 2.26. The molecule has 90 valence electrons. The van der Waals surface area contributed by atoms with Crippen molar-refractivity contribution in [1.82, 2.24) is 5.32 Å². The average molecular weight is 347 g/mol. The number of amides is 2. The lowest BCUT2D eigenvalue weighted by atomic mass is 10.1. The van der Waals surface area contributed by atoms with Crippen molar-refractivity contribution in [2.24, 2.45) is 0 Å². The van der Waals surface area contributed by atoms with Crippen LogP contribution >= 0.6 is 23.0 Å². The molecule has 1 N–H and O–H groups in total. The first-order valence-corrected chi connectivity index (χ1v) is 5.60. The molecule has 0 atom stereocenters. The van der Waals surface area contributed by atoms with Gasteiger partial charge in [-0.15, -0.1) is 0 Å². The Morgan fingerprint density at radius 1 is 1.18 bits per heavy atom. The number of ketones is 1. The summed E-state index contributed by atoms with van der Waals surface area (Å²) in [6.45, 7) is 2.61. The number of hydrogen-bond acceptors (Lipinski definition) is 4. The van der Waals surface area contributed by atoms with Crippen LogP contribution in [0.5, 0.6) is 5.75 Å². The molecule has 0 bridgehead atoms. The van der Waals surface area contributed by atoms with Crippen LogP contribution in [0.25, 0.3) is 0 Å². The standard InChI is InChI=1S/C11H10INO4/c1-6(14)8-4-3-5-9(10(8)17-12)11(16)13-7(2)15/h3-5H,1-2H3,(H,13,15,16). The van der Waals surface area contributed by atoms with Gasteiger partial charge in [0.15, 0.2) is 34.5 Å². The number of Topliss-reactive ketones (excluding diaryl/α,β-unsaturated/α-hetero) is 1. The van der Waals surface area contributed by atoms with Gasteiger partial charge in [0.05, 0.1) is 11.1 Å². The van der Waals surface area contributed by atoms with Crippen LogP contribution in [-0.2, 0) is 4.79 Å². The maximum absolute atomic E-state index is 11.7. The molecule has 0 aromatic heterocycles. The van der Waals surface area contributed by atoms with E-state index < -0.39 is 11.8 Å². The Morgan fingerprint density at radius 2 is 1.76 bits per heavy atom. The van der Waals surface area contributed by atoms with E-state index in [1.165, 1.54) is 19.9 Å². The maximum Gasteiger partial charge on any atom is 0.261 e. The Bertz CT molecular complexity index is 484. The van der Waals surface area contributed by atoms with Crippen LogP contribution < -0.4 is 8.38 Å². The molecule has 0 spiro atoms. The number of hydrogen-bond donors (Lipinski definition) is 1. The Labute approximate surface area is 112 Å². The lowest BCUT2D eigenvalue weighted by Gasteiger charge is -2.09. The lowest BCUT2D eigenvalue weighted by molar-refractivity contribution is -0.118. The smallest absolute Gasteiger partial charge is 0.261 e. The molecular weight excluding hydrogens is 337 g/mol. The molecule has 0 radical (unpaired) electrons. The fourth-order valence-electron chi connectivity index (χ4n) is 1.30. The second-order valence-corrected chi connectivity index (χ2v) is 3.77. The molecule has 0 heterocycles. The molecule has 5 nitrogen and oxygen atoms in total. The minimum absolute atomic E-state index is 0.155. The first-order chi connectivity index (χ1) is 7.97. The van der Waals surface area contributed by atoms with Crippen molar-refractivity contribution in [3.05, 3.63) is 29.3 Å². The van der Waals surface area contributed by atoms with Crippen molar-refractivity contribution < 1.29 is 17.4 Å². The van der Waals surface area contributed by atoms with Crippen LogP contribution in [0, 0.1) is 0 Å². The molecule has 1 aromatic rings. The van der Waals surface area contributed by atoms with Crippen LogP contribution in [0.4, 0.5) is 0 Å². The number of nitrogens with one attached hydrogen (secondary N) is 1. The SMILES string of the molecule is CC(=O)NC(=O)c1cccc(C(C)=O)c1OI. The van der Waals surface area contributed by atoms with Gasteiger partial charge in [0.1, 0.15) is 0 Å². The van der Waals surface area contributed by atoms with Gasteiger partial charge in [-0.05, 0) is 19.1 Å². The fourth-order valence-corrected chi connectivity index (χ4v) is 1.78. The predicted octanol–water partition coefficient (Wildman–Crippen LogP) is 1.89. The summed E-state index contributed by atoms with van der Waals surface area (Å²) < 4.78 is 5.02. The summed E-state index contributed by atoms with van der Waals surface area (Å²) in [5.41, 5.74) is 0.456. The number of para-hydroxylation sites is 1. The molecule has 0 fully saturated rings. The molecule has 0 saturated heterocycles. The maximum atomic E-state index is 11.7. The molecule has 6 heteroatoms. The third kappa shape index (κ3) is 3.26. The summed E-state index contributed by atoms with van der Waals surface area (Å²) in [6, 6.07) is 4.60. The number of carbonyl (C=O) groups excluding carboxylic acids is 3. The van der Waals surface area contributed by atoms with Crippen molar-refractivity contribution in [1.29, 1.82) is 0 Å². The largest absolute Gasteiger partial charge is 0.426 e. The van der Waals surface area contributed by atoms with Gasteiger partial charge in [-0.2, -0.15) is 0 Å². The summed E-state index contributed by atoms with van der Waals surface area (Å²) in [5, 5.41) is 2.13. The molecule has 1 aromatic carbocycles. The fraction of sp³-hybridized carbons (Fsp3) is 0.182. The van der Waals surface area contributed by atoms with Gasteiger partial charge in [-0.1, -0.05) is 6.07 Å². The van der Waals surface area contributed by atoms with Gasteiger partial charge in [0.25, 0.3) is 5.91 Å². The van der Waals surface area contributed by atoms with E-state index in [1.54, 1.807) is 35.1 Å². The summed E-state index contributed by atoms with van der Waals surface area (Å²) in [7, 11) is 0. The number of imide groups is 1. The normalized spacial score (nSPS) is 9.59. The Balaban J connectivity index is 3.24. The minimum atomic E-state index is -0.590. The highest BCUT2D eigenvalue weighted by Crippen LogP contribution is 2.26. The van der Waals surface area contributed by atoms with E-state index >= 15 is 0 Å². The van der Waals surface area contributed by atoms with E-state index in [2.05, 4.69) is 5.32 Å². The first kappa shape index (κ1) is 13.6. The van der Waals surface area contributed by atoms with Crippen LogP contribution in [0.1, 0.15) is 34.6 Å². The quantitative estimate of drug-likeness (QED) is 0.670. The highest BCUT2D eigenvalue weighted by molar-refractivity contribution is 14.1. The number of carbonyl (C=O) groups is 3. The van der Waals surface area contributed by atoms with E-state index in [0.29, 0.717) is 5.56 Å². The second-order valence-electron chi connectivity index (χ2n) is 3.33. The van der Waals surface area contributed by atoms with E-state index in [-0.39, 0.29) is 17.1 Å². The molecule has 0 aliphatic carbocycles. The zero-order valence-corrected chi connectivity index (χ0v) is 11.4. The minimum Gasteiger partial charge on any atom is -0.426 e. The second kappa shape index (κ2) is 5.76. The lowest BCUT2D eigenvalue weighted by Crippen LogP contribution is -2.28. The van der Waals surface area contributed by atoms with Gasteiger partial charge in [0, 0.05) is 6.92 Å². The molecule has 0 saturated carbocycles. The Kier molecular flexibility index (Phi) is 4.62. The molecule has 0 unspecified atom stereocenters. The molecule has 1 rings (SSSR count). The van der Waals surface area contributed by atoms with E-state index in [0.717, 1.165) is 0 Å². The molecule has 17 heavy (non-hydrogen) atoms. The summed E-state index contributed by atoms with van der Waals surface area (Å²) in [4.78, 5) is 33.8. The monoisotopic (exact) mass is 347 g/mol. The van der Waals surface area contributed by atoms with Crippen molar-refractivity contribution >= 4 is 40.6 Å². The highest BCUT2D eigenvalue weighted by Gasteiger charge is 2.18. The van der Waals surface area contributed by atoms with Crippen molar-refractivity contribution in [3.8, 4) is 5.75 Å². The predicted molar refractivity (Wildman–Crippen MR) is 69.2 cm³/mol. The van der Waals surface area contributed by atoms with Gasteiger partial charge >= 0.3 is 0 Å². The zero-order valence-electron chi connectivity index (χ0n) is 9.24. The van der Waals surface area contributed by atoms with Crippen LogP contribution in [0.2, 0.25) is 0 Å². The van der Waals surface area contributed by atoms with E-state index in [1.807, 2.05) is 0 Å². The third-order valence-electron chi connectivity index (χ3n) is 2.01. The summed E-state index contributed by atoms with van der Waals surface area (Å²) in [6.07, 6.45) is 0. The number of halogens is 1. The third-order valence-corrected chi connectivity index (χ3v) is 2.45. The van der Waals surface area contributed by atoms with Crippen molar-refractivity contribution in [2.75, 3.05) is 0 Å². The van der Waals surface area contributed by atoms with E-state index in [4.69, 9.17) is 3.07 Å². The topological polar surface area (TPSA) is 72.5 Å². The first-order valence-electron chi connectivity index (χ1n) is 4.71. The highest BCUT2D eigenvalue weighted by atomic mass is 127. The van der Waals surface area contributed by atoms with Crippen LogP contribution in [0.15, 0.2) is 18.2 Å². The molecule has 0 aliphatic heterocycles. The number of rotatable bonds is 3. The molecule has 2 amide bonds. The van der Waals surface area contributed by atoms with E-state index in [9.17, 15) is 14.4 Å². The molecular formula is C11H10INO4. The van der Waals surface area contributed by atoms with Crippen LogP contribution in [-0.4, -0.2) is 17.6 Å². The molecule has 0 aliphatic rings. The van der Waals surface area contributed by atoms with Gasteiger partial charge in [-0.25, -0.2) is 0 Å². The van der Waals surface area contributed by atoms with Gasteiger partial charge in [-0.3, -0.25) is 19.7 Å². The Morgan fingerprint density at radius 3 is 2.24 bits per heavy atom. The van der Waals surface area contributed by atoms with Gasteiger partial charge in [0.2, 0.25) is 5.91 Å².